The van der Waals surface area contributed by atoms with Crippen LogP contribution < -0.4 is 10.6 Å². The average molecular weight is 267 g/mol. The number of alkyl halides is 1. The van der Waals surface area contributed by atoms with Crippen molar-refractivity contribution in [2.75, 3.05) is 18.4 Å². The molecule has 0 atom stereocenters. The van der Waals surface area contributed by atoms with Gasteiger partial charge in [-0.15, -0.1) is 0 Å². The fourth-order valence-electron chi connectivity index (χ4n) is 0.590. The Morgan fingerprint density at radius 1 is 1.07 bits per heavy atom. The Morgan fingerprint density at radius 2 is 1.64 bits per heavy atom. The predicted octanol–water partition coefficient (Wildman–Crippen LogP) is -0.912. The van der Waals surface area contributed by atoms with E-state index in [1.165, 1.54) is 0 Å². The maximum atomic E-state index is 10.9. The zero-order chi connectivity index (χ0) is 11.0. The van der Waals surface area contributed by atoms with E-state index in [0.717, 1.165) is 0 Å². The third kappa shape index (κ3) is 7.53. The molecule has 0 aliphatic heterocycles. The molecule has 0 saturated heterocycles. The van der Waals surface area contributed by atoms with Crippen LogP contribution in [0.5, 0.6) is 0 Å². The monoisotopic (exact) mass is 266 g/mol. The minimum Gasteiger partial charge on any atom is -0.480 e. The van der Waals surface area contributed by atoms with E-state index in [9.17, 15) is 14.4 Å². The van der Waals surface area contributed by atoms with E-state index in [0.29, 0.717) is 5.33 Å². The van der Waals surface area contributed by atoms with Crippen molar-refractivity contribution in [3.05, 3.63) is 0 Å². The van der Waals surface area contributed by atoms with Crippen molar-refractivity contribution in [2.45, 2.75) is 6.42 Å². The number of aliphatic carboxylic acids is 1. The van der Waals surface area contributed by atoms with E-state index in [-0.39, 0.29) is 18.9 Å². The number of hydrogen-bond donors (Lipinski definition) is 3. The van der Waals surface area contributed by atoms with Crippen LogP contribution in [0.25, 0.3) is 0 Å². The minimum absolute atomic E-state index is 0.195. The second kappa shape index (κ2) is 7.31. The maximum Gasteiger partial charge on any atom is 0.322 e. The first-order chi connectivity index (χ1) is 6.56. The molecule has 0 unspecified atom stereocenters. The van der Waals surface area contributed by atoms with Crippen LogP contribution in [0.2, 0.25) is 0 Å². The molecule has 0 fully saturated rings. The summed E-state index contributed by atoms with van der Waals surface area (Å²) in [5.41, 5.74) is 0. The summed E-state index contributed by atoms with van der Waals surface area (Å²) in [4.78, 5) is 31.7. The van der Waals surface area contributed by atoms with Gasteiger partial charge in [0.15, 0.2) is 0 Å². The molecule has 2 amide bonds. The van der Waals surface area contributed by atoms with E-state index in [2.05, 4.69) is 26.6 Å². The lowest BCUT2D eigenvalue weighted by atomic mass is 10.4. The summed E-state index contributed by atoms with van der Waals surface area (Å²) in [7, 11) is 0. The zero-order valence-corrected chi connectivity index (χ0v) is 8.96. The van der Waals surface area contributed by atoms with E-state index >= 15 is 0 Å². The van der Waals surface area contributed by atoms with E-state index < -0.39 is 18.4 Å². The molecular formula is C7H11BrN2O4. The quantitative estimate of drug-likeness (QED) is 0.543. The Kier molecular flexibility index (Phi) is 6.73. The number of carboxylic acids is 1. The topological polar surface area (TPSA) is 95.5 Å². The van der Waals surface area contributed by atoms with Gasteiger partial charge >= 0.3 is 5.97 Å². The molecule has 0 spiro atoms. The third-order valence-electron chi connectivity index (χ3n) is 1.20. The number of hydrogen-bond acceptors (Lipinski definition) is 3. The van der Waals surface area contributed by atoms with Gasteiger partial charge in [0.1, 0.15) is 6.54 Å². The lowest BCUT2D eigenvalue weighted by molar-refractivity contribution is -0.137. The number of rotatable bonds is 6. The predicted molar refractivity (Wildman–Crippen MR) is 52.1 cm³/mol. The van der Waals surface area contributed by atoms with Gasteiger partial charge in [-0.3, -0.25) is 14.4 Å². The van der Waals surface area contributed by atoms with Gasteiger partial charge in [0.2, 0.25) is 11.8 Å². The molecule has 14 heavy (non-hydrogen) atoms. The molecule has 0 aromatic heterocycles. The van der Waals surface area contributed by atoms with Crippen LogP contribution in [0.4, 0.5) is 0 Å². The molecule has 0 saturated carbocycles. The molecule has 0 heterocycles. The van der Waals surface area contributed by atoms with Crippen LogP contribution in [0.15, 0.2) is 0 Å². The summed E-state index contributed by atoms with van der Waals surface area (Å²) in [5, 5.41) is 13.2. The van der Waals surface area contributed by atoms with Crippen molar-refractivity contribution in [3.8, 4) is 0 Å². The first kappa shape index (κ1) is 12.9. The number of carbonyl (C=O) groups excluding carboxylic acids is 2. The summed E-state index contributed by atoms with van der Waals surface area (Å²) in [6.45, 7) is -0.633. The van der Waals surface area contributed by atoms with Crippen molar-refractivity contribution in [1.82, 2.24) is 10.6 Å². The Bertz CT molecular complexity index is 232. The first-order valence-electron chi connectivity index (χ1n) is 3.87. The fourth-order valence-corrected chi connectivity index (χ4v) is 0.950. The highest BCUT2D eigenvalue weighted by Gasteiger charge is 2.05. The normalized spacial score (nSPS) is 9.21. The number of carboxylic acid groups (broad SMARTS) is 1. The van der Waals surface area contributed by atoms with Gasteiger partial charge in [-0.25, -0.2) is 0 Å². The van der Waals surface area contributed by atoms with Gasteiger partial charge in [-0.2, -0.15) is 0 Å². The molecule has 0 aliphatic rings. The van der Waals surface area contributed by atoms with Crippen molar-refractivity contribution >= 4 is 33.7 Å². The number of nitrogens with one attached hydrogen (secondary N) is 2. The maximum absolute atomic E-state index is 10.9. The summed E-state index contributed by atoms with van der Waals surface area (Å²) < 4.78 is 0. The molecule has 0 aromatic rings. The van der Waals surface area contributed by atoms with Gasteiger partial charge < -0.3 is 15.7 Å². The van der Waals surface area contributed by atoms with E-state index in [1.807, 2.05) is 0 Å². The minimum atomic E-state index is -1.12. The van der Waals surface area contributed by atoms with Crippen LogP contribution in [0, 0.1) is 0 Å². The van der Waals surface area contributed by atoms with Crippen LogP contribution in [0.3, 0.4) is 0 Å². The van der Waals surface area contributed by atoms with Crippen molar-refractivity contribution in [1.29, 1.82) is 0 Å². The lowest BCUT2D eigenvalue weighted by Gasteiger charge is -2.03. The molecule has 80 valence electrons. The van der Waals surface area contributed by atoms with Crippen LogP contribution in [0.1, 0.15) is 6.42 Å². The number of carbonyl (C=O) groups is 3. The van der Waals surface area contributed by atoms with Crippen molar-refractivity contribution in [2.24, 2.45) is 0 Å². The highest BCUT2D eigenvalue weighted by Crippen LogP contribution is 1.85. The SMILES string of the molecule is O=C(O)CNC(=O)CNC(=O)CCBr. The molecule has 3 N–H and O–H groups in total. The third-order valence-corrected chi connectivity index (χ3v) is 1.60. The smallest absolute Gasteiger partial charge is 0.322 e. The number of amides is 2. The number of halogens is 1. The molecule has 0 aromatic carbocycles. The van der Waals surface area contributed by atoms with Gasteiger partial charge in [0.05, 0.1) is 6.54 Å². The van der Waals surface area contributed by atoms with Gasteiger partial charge in [-0.05, 0) is 0 Å². The Balaban J connectivity index is 3.53. The zero-order valence-electron chi connectivity index (χ0n) is 7.38. The average Bonchev–Trinajstić information content (AvgIpc) is 2.12. The Labute approximate surface area is 89.2 Å². The molecule has 0 rings (SSSR count). The summed E-state index contributed by atoms with van der Waals surface area (Å²) in [5.74, 6) is -1.90. The molecule has 0 aliphatic carbocycles. The second-order valence-electron chi connectivity index (χ2n) is 2.39. The highest BCUT2D eigenvalue weighted by atomic mass is 79.9. The fraction of sp³-hybridized carbons (Fsp3) is 0.571. The summed E-state index contributed by atoms with van der Waals surface area (Å²) in [6.07, 6.45) is 0.284. The molecule has 0 radical (unpaired) electrons. The van der Waals surface area contributed by atoms with E-state index in [4.69, 9.17) is 5.11 Å². The molecular weight excluding hydrogens is 256 g/mol. The summed E-state index contributed by atoms with van der Waals surface area (Å²) in [6, 6.07) is 0. The van der Waals surface area contributed by atoms with Crippen LogP contribution in [-0.2, 0) is 14.4 Å². The molecule has 6 nitrogen and oxygen atoms in total. The Morgan fingerprint density at radius 3 is 2.14 bits per heavy atom. The van der Waals surface area contributed by atoms with Crippen LogP contribution >= 0.6 is 15.9 Å². The van der Waals surface area contributed by atoms with Crippen LogP contribution in [-0.4, -0.2) is 41.3 Å². The van der Waals surface area contributed by atoms with Gasteiger partial charge in [0, 0.05) is 11.8 Å². The first-order valence-corrected chi connectivity index (χ1v) is 4.99. The van der Waals surface area contributed by atoms with Gasteiger partial charge in [-0.1, -0.05) is 15.9 Å². The second-order valence-corrected chi connectivity index (χ2v) is 3.18. The van der Waals surface area contributed by atoms with E-state index in [1.54, 1.807) is 0 Å². The molecule has 0 bridgehead atoms. The Hall–Kier alpha value is -1.11. The van der Waals surface area contributed by atoms with Gasteiger partial charge in [0.25, 0.3) is 0 Å². The molecule has 7 heteroatoms. The van der Waals surface area contributed by atoms with Crippen molar-refractivity contribution < 1.29 is 19.5 Å². The van der Waals surface area contributed by atoms with Crippen molar-refractivity contribution in [3.63, 3.8) is 0 Å². The largest absolute Gasteiger partial charge is 0.480 e. The highest BCUT2D eigenvalue weighted by molar-refractivity contribution is 9.09. The standard InChI is InChI=1S/C7H11BrN2O4/c8-2-1-5(11)9-3-6(12)10-4-7(13)14/h1-4H2,(H,9,11)(H,10,12)(H,13,14). The lowest BCUT2D eigenvalue weighted by Crippen LogP contribution is -2.39. The summed E-state index contributed by atoms with van der Waals surface area (Å²) >= 11 is 3.07.